The van der Waals surface area contributed by atoms with Crippen LogP contribution < -0.4 is 0 Å². The molecular weight excluding hydrogens is 603 g/mol. The van der Waals surface area contributed by atoms with E-state index in [0.29, 0.717) is 22.0 Å². The van der Waals surface area contributed by atoms with E-state index in [2.05, 4.69) is 153 Å². The van der Waals surface area contributed by atoms with E-state index in [-0.39, 0.29) is 7.43 Å². The van der Waals surface area contributed by atoms with Crippen LogP contribution in [0.3, 0.4) is 0 Å². The molecule has 7 nitrogen and oxygen atoms in total. The average Bonchev–Trinajstić information content (AvgIpc) is 2.97. The van der Waals surface area contributed by atoms with Crippen molar-refractivity contribution >= 4 is 0 Å². The van der Waals surface area contributed by atoms with E-state index >= 15 is 0 Å². The third kappa shape index (κ3) is 21.1. The zero-order chi connectivity index (χ0) is 36.9. The molecule has 4 aliphatic heterocycles. The van der Waals surface area contributed by atoms with Gasteiger partial charge in [0.25, 0.3) is 0 Å². The summed E-state index contributed by atoms with van der Waals surface area (Å²) in [4.78, 5) is 17.4. The highest BCUT2D eigenvalue weighted by molar-refractivity contribution is 4.85. The second kappa shape index (κ2) is 22.1. The van der Waals surface area contributed by atoms with E-state index in [1.807, 2.05) is 0 Å². The molecule has 0 radical (unpaired) electrons. The molecule has 4 saturated heterocycles. The van der Waals surface area contributed by atoms with Gasteiger partial charge in [-0.1, -0.05) is 34.6 Å². The quantitative estimate of drug-likeness (QED) is 0.297. The topological polar surface area (TPSA) is 22.7 Å². The summed E-state index contributed by atoms with van der Waals surface area (Å²) in [6.07, 6.45) is 9.57. The second-order valence-electron chi connectivity index (χ2n) is 20.0. The van der Waals surface area contributed by atoms with Crippen LogP contribution in [-0.4, -0.2) is 170 Å². The summed E-state index contributed by atoms with van der Waals surface area (Å²) in [6, 6.07) is 1.59. The highest BCUT2D eigenvalue weighted by atomic mass is 15.3. The number of nitrogens with zero attached hydrogens (tertiary/aromatic N) is 7. The third-order valence-electron chi connectivity index (χ3n) is 11.0. The van der Waals surface area contributed by atoms with Crippen molar-refractivity contribution in [1.29, 1.82) is 0 Å². The fourth-order valence-corrected chi connectivity index (χ4v) is 7.25. The second-order valence-corrected chi connectivity index (χ2v) is 20.0. The Bertz CT molecular complexity index is 802. The number of piperazine rings is 1. The van der Waals surface area contributed by atoms with Crippen LogP contribution in [0.15, 0.2) is 0 Å². The van der Waals surface area contributed by atoms with Gasteiger partial charge in [-0.3, -0.25) is 14.7 Å². The molecule has 0 amide bonds. The van der Waals surface area contributed by atoms with Gasteiger partial charge < -0.3 is 19.6 Å². The van der Waals surface area contributed by atoms with E-state index in [0.717, 1.165) is 12.1 Å². The molecule has 0 spiro atoms. The molecule has 4 aliphatic rings. The van der Waals surface area contributed by atoms with Crippen LogP contribution >= 0.6 is 0 Å². The molecule has 0 N–H and O–H groups in total. The predicted molar refractivity (Wildman–Crippen MR) is 221 cm³/mol. The van der Waals surface area contributed by atoms with Crippen LogP contribution in [0.4, 0.5) is 0 Å². The SMILES string of the molecule is C.CC(C)(C)CN1CCCCC1.CN(C)C1CCN(C(C)(C)C)CC1.CN1CCC(N(C)C(C)(C)C)CC1.CN1CCN(C(C)(C)C)CC1. The van der Waals surface area contributed by atoms with E-state index in [4.69, 9.17) is 0 Å². The van der Waals surface area contributed by atoms with E-state index in [1.165, 1.54) is 117 Å². The van der Waals surface area contributed by atoms with Crippen LogP contribution in [0.2, 0.25) is 0 Å². The first kappa shape index (κ1) is 48.7. The first-order valence-electron chi connectivity index (χ1n) is 19.9. The van der Waals surface area contributed by atoms with Crippen molar-refractivity contribution in [2.75, 3.05) is 107 Å². The minimum absolute atomic E-state index is 0. The van der Waals surface area contributed by atoms with Crippen molar-refractivity contribution < 1.29 is 0 Å². The molecule has 0 bridgehead atoms. The van der Waals surface area contributed by atoms with Crippen molar-refractivity contribution in [1.82, 2.24) is 34.3 Å². The van der Waals surface area contributed by atoms with Crippen LogP contribution in [0.1, 0.15) is 135 Å². The van der Waals surface area contributed by atoms with E-state index in [1.54, 1.807) is 0 Å². The van der Waals surface area contributed by atoms with Crippen molar-refractivity contribution in [3.05, 3.63) is 0 Å². The van der Waals surface area contributed by atoms with Crippen molar-refractivity contribution in [2.24, 2.45) is 5.41 Å². The molecular formula is C42H93N7. The fourth-order valence-electron chi connectivity index (χ4n) is 7.25. The smallest absolute Gasteiger partial charge is 0.0126 e. The minimum Gasteiger partial charge on any atom is -0.306 e. The summed E-state index contributed by atoms with van der Waals surface area (Å²) in [5.74, 6) is 0. The molecule has 0 aromatic heterocycles. The third-order valence-corrected chi connectivity index (χ3v) is 11.0. The zero-order valence-electron chi connectivity index (χ0n) is 36.0. The first-order valence-corrected chi connectivity index (χ1v) is 19.9. The Morgan fingerprint density at radius 2 is 0.878 bits per heavy atom. The molecule has 0 unspecified atom stereocenters. The normalized spacial score (nSPS) is 22.3. The Balaban J connectivity index is 0.000000625. The molecule has 0 aliphatic carbocycles. The highest BCUT2D eigenvalue weighted by Gasteiger charge is 2.29. The molecule has 7 heteroatoms. The Kier molecular flexibility index (Phi) is 21.9. The van der Waals surface area contributed by atoms with Gasteiger partial charge in [0.15, 0.2) is 0 Å². The molecule has 4 heterocycles. The van der Waals surface area contributed by atoms with Crippen molar-refractivity contribution in [3.63, 3.8) is 0 Å². The predicted octanol–water partition coefficient (Wildman–Crippen LogP) is 7.81. The Labute approximate surface area is 310 Å². The van der Waals surface area contributed by atoms with E-state index in [9.17, 15) is 0 Å². The Morgan fingerprint density at radius 3 is 1.24 bits per heavy atom. The minimum atomic E-state index is 0. The lowest BCUT2D eigenvalue weighted by molar-refractivity contribution is 0.0713. The van der Waals surface area contributed by atoms with Crippen molar-refractivity contribution in [3.8, 4) is 0 Å². The maximum atomic E-state index is 2.60. The molecule has 0 aromatic rings. The lowest BCUT2D eigenvalue weighted by Gasteiger charge is -2.42. The van der Waals surface area contributed by atoms with Crippen LogP contribution in [0, 0.1) is 5.41 Å². The number of likely N-dealkylation sites (N-methyl/N-ethyl adjacent to an activating group) is 1. The lowest BCUT2D eigenvalue weighted by atomic mass is 9.95. The number of hydrogen-bond acceptors (Lipinski definition) is 7. The summed E-state index contributed by atoms with van der Waals surface area (Å²) < 4.78 is 0. The fraction of sp³-hybridized carbons (Fsp3) is 1.00. The van der Waals surface area contributed by atoms with Crippen LogP contribution in [0.25, 0.3) is 0 Å². The molecule has 0 saturated carbocycles. The molecule has 4 fully saturated rings. The molecule has 4 rings (SSSR count). The van der Waals surface area contributed by atoms with Gasteiger partial charge in [0, 0.05) is 74.5 Å². The van der Waals surface area contributed by atoms with Gasteiger partial charge in [0.2, 0.25) is 0 Å². The summed E-state index contributed by atoms with van der Waals surface area (Å²) in [5, 5.41) is 0. The lowest BCUT2D eigenvalue weighted by Crippen LogP contribution is -2.52. The Morgan fingerprint density at radius 1 is 0.490 bits per heavy atom. The van der Waals surface area contributed by atoms with Gasteiger partial charge in [-0.15, -0.1) is 0 Å². The number of rotatable bonds is 3. The molecule has 0 atom stereocenters. The average molecular weight is 696 g/mol. The van der Waals surface area contributed by atoms with Gasteiger partial charge in [0.05, 0.1) is 0 Å². The summed E-state index contributed by atoms with van der Waals surface area (Å²) >= 11 is 0. The van der Waals surface area contributed by atoms with Gasteiger partial charge in [-0.05, 0) is 168 Å². The molecule has 49 heavy (non-hydrogen) atoms. The summed E-state index contributed by atoms with van der Waals surface area (Å²) in [6.45, 7) is 41.5. The maximum Gasteiger partial charge on any atom is 0.0126 e. The molecule has 296 valence electrons. The first-order chi connectivity index (χ1) is 21.9. The number of hydrogen-bond donors (Lipinski definition) is 0. The van der Waals surface area contributed by atoms with Gasteiger partial charge in [0.1, 0.15) is 0 Å². The molecule has 0 aromatic carbocycles. The van der Waals surface area contributed by atoms with Crippen LogP contribution in [0.5, 0.6) is 0 Å². The summed E-state index contributed by atoms with van der Waals surface area (Å²) in [5.41, 5.74) is 1.52. The summed E-state index contributed by atoms with van der Waals surface area (Å²) in [7, 11) is 11.1. The standard InChI is InChI=1S/2C11H24N2.C10H21N.C9H20N2.CH4/c1-11(2,3)13(5)10-6-8-12(4)9-7-10;1-11(2,3)13-8-6-10(7-9-13)12(4)5;1-10(2,3)9-11-7-5-4-6-8-11;1-9(2,3)11-7-5-10(4)6-8-11;/h2*10H,6-9H2,1-5H3;4-9H2,1-3H3;5-8H2,1-4H3;1H4. The van der Waals surface area contributed by atoms with E-state index < -0.39 is 0 Å². The Hall–Kier alpha value is -0.280. The van der Waals surface area contributed by atoms with Crippen molar-refractivity contribution in [2.45, 2.75) is 164 Å². The van der Waals surface area contributed by atoms with Crippen LogP contribution in [-0.2, 0) is 0 Å². The zero-order valence-corrected chi connectivity index (χ0v) is 36.0. The number of piperidine rings is 3. The van der Waals surface area contributed by atoms with Gasteiger partial charge >= 0.3 is 0 Å². The highest BCUT2D eigenvalue weighted by Crippen LogP contribution is 2.23. The maximum absolute atomic E-state index is 2.60. The largest absolute Gasteiger partial charge is 0.306 e. The number of likely N-dealkylation sites (tertiary alicyclic amines) is 3. The monoisotopic (exact) mass is 696 g/mol. The van der Waals surface area contributed by atoms with Gasteiger partial charge in [-0.2, -0.15) is 0 Å². The van der Waals surface area contributed by atoms with Gasteiger partial charge in [-0.25, -0.2) is 0 Å².